The van der Waals surface area contributed by atoms with E-state index in [4.69, 9.17) is 0 Å². The van der Waals surface area contributed by atoms with Gasteiger partial charge < -0.3 is 15.3 Å². The van der Waals surface area contributed by atoms with E-state index in [9.17, 15) is 15.3 Å². The molecule has 0 fully saturated rings. The van der Waals surface area contributed by atoms with Crippen molar-refractivity contribution < 1.29 is 15.3 Å². The van der Waals surface area contributed by atoms with E-state index in [0.717, 1.165) is 66.8 Å². The molecule has 0 spiro atoms. The third-order valence-corrected chi connectivity index (χ3v) is 7.78. The van der Waals surface area contributed by atoms with E-state index in [0.29, 0.717) is 17.2 Å². The highest BCUT2D eigenvalue weighted by Crippen LogP contribution is 2.48. The summed E-state index contributed by atoms with van der Waals surface area (Å²) in [6, 6.07) is 6.27. The van der Waals surface area contributed by atoms with Gasteiger partial charge in [0.1, 0.15) is 17.2 Å². The van der Waals surface area contributed by atoms with Crippen LogP contribution in [0.2, 0.25) is 0 Å². The normalized spacial score (nSPS) is 11.8. The van der Waals surface area contributed by atoms with Gasteiger partial charge in [0.25, 0.3) is 0 Å². The van der Waals surface area contributed by atoms with Crippen LogP contribution in [0.1, 0.15) is 73.7 Å². The Morgan fingerprint density at radius 1 is 0.438 bits per heavy atom. The first-order valence-electron chi connectivity index (χ1n) is 11.2. The highest BCUT2D eigenvalue weighted by atomic mass is 16.3. The van der Waals surface area contributed by atoms with Crippen LogP contribution in [-0.4, -0.2) is 15.3 Å². The van der Waals surface area contributed by atoms with Gasteiger partial charge in [-0.15, -0.1) is 0 Å². The second-order valence-corrected chi connectivity index (χ2v) is 9.64. The molecule has 3 rings (SSSR count). The Balaban J connectivity index is 2.60. The average molecular weight is 433 g/mol. The summed E-state index contributed by atoms with van der Waals surface area (Å²) in [7, 11) is 0. The van der Waals surface area contributed by atoms with Crippen molar-refractivity contribution in [3.63, 3.8) is 0 Å². The van der Waals surface area contributed by atoms with Crippen molar-refractivity contribution in [2.24, 2.45) is 0 Å². The minimum atomic E-state index is -0.562. The fourth-order valence-electron chi connectivity index (χ4n) is 5.20. The summed E-state index contributed by atoms with van der Waals surface area (Å²) in [6.07, 6.45) is 0. The van der Waals surface area contributed by atoms with Gasteiger partial charge in [-0.25, -0.2) is 0 Å². The van der Waals surface area contributed by atoms with E-state index in [-0.39, 0.29) is 0 Å². The molecule has 0 aliphatic rings. The first kappa shape index (κ1) is 23.7. The predicted octanol–water partition coefficient (Wildman–Crippen LogP) is 6.93. The summed E-state index contributed by atoms with van der Waals surface area (Å²) in [5.74, 6) is 0.995. The molecule has 0 unspecified atom stereocenters. The zero-order valence-electron chi connectivity index (χ0n) is 21.1. The van der Waals surface area contributed by atoms with Crippen LogP contribution in [0, 0.1) is 62.3 Å². The minimum absolute atomic E-state index is 0.332. The summed E-state index contributed by atoms with van der Waals surface area (Å²) in [5.41, 5.74) is 11.1. The molecule has 170 valence electrons. The molecule has 0 amide bonds. The Hall–Kier alpha value is -2.94. The molecule has 0 aliphatic carbocycles. The van der Waals surface area contributed by atoms with Crippen molar-refractivity contribution in [2.45, 2.75) is 74.7 Å². The Kier molecular flexibility index (Phi) is 5.84. The van der Waals surface area contributed by atoms with Crippen molar-refractivity contribution in [1.29, 1.82) is 0 Å². The summed E-state index contributed by atoms with van der Waals surface area (Å²) < 4.78 is 0. The number of aromatic hydroxyl groups is 3. The van der Waals surface area contributed by atoms with Crippen molar-refractivity contribution in [2.75, 3.05) is 0 Å². The van der Waals surface area contributed by atoms with Gasteiger partial charge in [-0.2, -0.15) is 0 Å². The molecule has 0 atom stereocenters. The molecule has 0 saturated heterocycles. The summed E-state index contributed by atoms with van der Waals surface area (Å²) in [6.45, 7) is 20.1. The maximum atomic E-state index is 10.6. The number of aryl methyl sites for hydroxylation is 3. The van der Waals surface area contributed by atoms with Gasteiger partial charge in [0.2, 0.25) is 0 Å². The lowest BCUT2D eigenvalue weighted by Crippen LogP contribution is -2.30. The Bertz CT molecular complexity index is 1100. The zero-order chi connectivity index (χ0) is 24.3. The van der Waals surface area contributed by atoms with Crippen molar-refractivity contribution >= 4 is 0 Å². The molecule has 3 aromatic rings. The van der Waals surface area contributed by atoms with E-state index >= 15 is 0 Å². The van der Waals surface area contributed by atoms with Crippen molar-refractivity contribution in [3.05, 3.63) is 85.0 Å². The Morgan fingerprint density at radius 2 is 0.656 bits per heavy atom. The molecule has 0 aliphatic heterocycles. The summed E-state index contributed by atoms with van der Waals surface area (Å²) in [4.78, 5) is 0. The zero-order valence-corrected chi connectivity index (χ0v) is 21.1. The molecule has 0 radical (unpaired) electrons. The lowest BCUT2D eigenvalue weighted by atomic mass is 9.65. The van der Waals surface area contributed by atoms with Gasteiger partial charge in [-0.05, 0) is 136 Å². The van der Waals surface area contributed by atoms with E-state index in [1.54, 1.807) is 0 Å². The first-order valence-corrected chi connectivity index (χ1v) is 11.2. The number of hydrogen-bond donors (Lipinski definition) is 3. The topological polar surface area (TPSA) is 60.7 Å². The summed E-state index contributed by atoms with van der Waals surface area (Å²) >= 11 is 0. The van der Waals surface area contributed by atoms with Crippen LogP contribution >= 0.6 is 0 Å². The Morgan fingerprint density at radius 3 is 0.875 bits per heavy atom. The van der Waals surface area contributed by atoms with Gasteiger partial charge in [0.15, 0.2) is 0 Å². The molecule has 0 aromatic heterocycles. The highest BCUT2D eigenvalue weighted by molar-refractivity contribution is 5.65. The number of benzene rings is 3. The maximum Gasteiger partial charge on any atom is 0.121 e. The molecule has 0 bridgehead atoms. The molecule has 0 saturated carbocycles. The fourth-order valence-corrected chi connectivity index (χ4v) is 5.20. The van der Waals surface area contributed by atoms with Crippen LogP contribution in [-0.2, 0) is 5.41 Å². The van der Waals surface area contributed by atoms with Crippen LogP contribution in [0.5, 0.6) is 17.2 Å². The monoisotopic (exact) mass is 432 g/mol. The van der Waals surface area contributed by atoms with Crippen LogP contribution in [0.4, 0.5) is 0 Å². The molecule has 3 N–H and O–H groups in total. The molecule has 3 nitrogen and oxygen atoms in total. The lowest BCUT2D eigenvalue weighted by molar-refractivity contribution is 0.463. The highest BCUT2D eigenvalue weighted by Gasteiger charge is 2.38. The van der Waals surface area contributed by atoms with Gasteiger partial charge in [-0.3, -0.25) is 0 Å². The van der Waals surface area contributed by atoms with E-state index in [1.165, 1.54) is 0 Å². The minimum Gasteiger partial charge on any atom is -0.507 e. The number of hydrogen-bond acceptors (Lipinski definition) is 3. The van der Waals surface area contributed by atoms with E-state index in [1.807, 2.05) is 41.5 Å². The number of phenolic OH excluding ortho intramolecular Hbond substituents is 3. The second kappa shape index (κ2) is 7.88. The molecule has 3 aromatic carbocycles. The van der Waals surface area contributed by atoms with Gasteiger partial charge in [-0.1, -0.05) is 18.2 Å². The van der Waals surface area contributed by atoms with E-state index < -0.39 is 5.41 Å². The number of rotatable bonds is 3. The van der Waals surface area contributed by atoms with Crippen LogP contribution < -0.4 is 0 Å². The first-order chi connectivity index (χ1) is 14.7. The van der Waals surface area contributed by atoms with Gasteiger partial charge in [0.05, 0.1) is 0 Å². The fraction of sp³-hybridized carbons (Fsp3) is 0.379. The molecular weight excluding hydrogens is 396 g/mol. The SMILES string of the molecule is Cc1cc(C(C)(c2cc(C)c(O)c(C)c2C)c2cc(C)c(O)c(C)c2C)c(C)c(C)c1O. The molecule has 3 heteroatoms. The standard InChI is InChI=1S/C29H36O3/c1-14-11-23(17(4)20(7)26(14)30)29(10,24-12-15(2)27(31)21(8)18(24)5)25-13-16(3)28(32)22(9)19(25)6/h11-13,30-32H,1-10H3. The van der Waals surface area contributed by atoms with Gasteiger partial charge >= 0.3 is 0 Å². The predicted molar refractivity (Wildman–Crippen MR) is 133 cm³/mol. The van der Waals surface area contributed by atoms with Crippen LogP contribution in [0.25, 0.3) is 0 Å². The molecule has 32 heavy (non-hydrogen) atoms. The van der Waals surface area contributed by atoms with Crippen molar-refractivity contribution in [1.82, 2.24) is 0 Å². The molecule has 0 heterocycles. The largest absolute Gasteiger partial charge is 0.507 e. The van der Waals surface area contributed by atoms with Gasteiger partial charge in [0, 0.05) is 5.41 Å². The third kappa shape index (κ3) is 3.26. The number of phenols is 3. The lowest BCUT2D eigenvalue weighted by Gasteiger charge is -2.38. The van der Waals surface area contributed by atoms with Crippen molar-refractivity contribution in [3.8, 4) is 17.2 Å². The Labute approximate surface area is 192 Å². The third-order valence-electron chi connectivity index (χ3n) is 7.78. The van der Waals surface area contributed by atoms with E-state index in [2.05, 4.69) is 45.9 Å². The quantitative estimate of drug-likeness (QED) is 0.393. The smallest absolute Gasteiger partial charge is 0.121 e. The maximum absolute atomic E-state index is 10.6. The van der Waals surface area contributed by atoms with Crippen LogP contribution in [0.15, 0.2) is 18.2 Å². The molecular formula is C29H36O3. The second-order valence-electron chi connectivity index (χ2n) is 9.64. The van der Waals surface area contributed by atoms with Crippen LogP contribution in [0.3, 0.4) is 0 Å². The average Bonchev–Trinajstić information content (AvgIpc) is 2.76. The summed E-state index contributed by atoms with van der Waals surface area (Å²) in [5, 5.41) is 31.8.